The molecule has 1 aliphatic rings. The number of carbonyl (C=O) groups is 2. The number of hydroxylamine groups is 2. The molecule has 1 heterocycles. The van der Waals surface area contributed by atoms with Crippen molar-refractivity contribution in [1.29, 1.82) is 0 Å². The first-order valence-electron chi connectivity index (χ1n) is 6.55. The van der Waals surface area contributed by atoms with Crippen LogP contribution in [-0.4, -0.2) is 23.5 Å². The fraction of sp³-hybridized carbons (Fsp3) is 0.429. The van der Waals surface area contributed by atoms with Crippen LogP contribution in [0.3, 0.4) is 0 Å². The minimum Gasteiger partial charge on any atom is -0.299 e. The summed E-state index contributed by atoms with van der Waals surface area (Å²) in [7, 11) is 0. The normalized spacial score (nSPS) is 17.0. The molecule has 2 rings (SSSR count). The van der Waals surface area contributed by atoms with Crippen molar-refractivity contribution in [2.75, 3.05) is 12.0 Å². The molecule has 1 aromatic rings. The topological polar surface area (TPSA) is 70.7 Å². The largest absolute Gasteiger partial charge is 0.299 e. The van der Waals surface area contributed by atoms with Crippen molar-refractivity contribution in [1.82, 2.24) is 10.5 Å². The van der Waals surface area contributed by atoms with Crippen LogP contribution in [0.1, 0.15) is 26.3 Å². The fourth-order valence-corrected chi connectivity index (χ4v) is 2.12. The van der Waals surface area contributed by atoms with Gasteiger partial charge in [0, 0.05) is 11.9 Å². The minimum absolute atomic E-state index is 0.0565. The molecule has 0 atom stereocenters. The molecule has 0 aliphatic carbocycles. The van der Waals surface area contributed by atoms with E-state index in [0.717, 1.165) is 5.56 Å². The first-order valence-corrected chi connectivity index (χ1v) is 6.93. The van der Waals surface area contributed by atoms with Gasteiger partial charge >= 0.3 is 0 Å². The second-order valence-electron chi connectivity index (χ2n) is 5.61. The molecule has 0 unspecified atom stereocenters. The molecule has 1 aliphatic heterocycles. The highest BCUT2D eigenvalue weighted by atomic mass is 35.5. The molecular formula is C14H18ClN3O3. The molecule has 0 spiro atoms. The van der Waals surface area contributed by atoms with Crippen LogP contribution in [0.2, 0.25) is 5.02 Å². The van der Waals surface area contributed by atoms with E-state index in [1.807, 2.05) is 13.8 Å². The second-order valence-corrected chi connectivity index (χ2v) is 6.02. The van der Waals surface area contributed by atoms with Gasteiger partial charge in [-0.2, -0.15) is 0 Å². The Morgan fingerprint density at radius 2 is 2.19 bits per heavy atom. The molecule has 1 fully saturated rings. The van der Waals surface area contributed by atoms with Crippen molar-refractivity contribution >= 4 is 29.1 Å². The summed E-state index contributed by atoms with van der Waals surface area (Å²) in [6.45, 7) is 5.75. The molecule has 0 radical (unpaired) electrons. The van der Waals surface area contributed by atoms with Crippen molar-refractivity contribution in [3.63, 3.8) is 0 Å². The Morgan fingerprint density at radius 1 is 1.48 bits per heavy atom. The third kappa shape index (κ3) is 3.65. The summed E-state index contributed by atoms with van der Waals surface area (Å²) >= 11 is 6.20. The lowest BCUT2D eigenvalue weighted by molar-refractivity contribution is -0.165. The van der Waals surface area contributed by atoms with Crippen LogP contribution in [0.4, 0.5) is 5.69 Å². The molecule has 0 saturated carbocycles. The lowest BCUT2D eigenvalue weighted by Gasteiger charge is -2.17. The van der Waals surface area contributed by atoms with E-state index in [2.05, 4.69) is 10.9 Å². The number of carbonyl (C=O) groups excluding carboxylic acids is 2. The zero-order valence-corrected chi connectivity index (χ0v) is 13.0. The molecule has 0 aromatic heterocycles. The highest BCUT2D eigenvalue weighted by molar-refractivity contribution is 6.31. The van der Waals surface area contributed by atoms with E-state index < -0.39 is 5.41 Å². The summed E-state index contributed by atoms with van der Waals surface area (Å²) in [4.78, 5) is 28.3. The Hall–Kier alpha value is -1.79. The Kier molecular flexibility index (Phi) is 4.39. The second kappa shape index (κ2) is 5.91. The van der Waals surface area contributed by atoms with Gasteiger partial charge in [-0.3, -0.25) is 25.3 Å². The number of rotatable bonds is 4. The van der Waals surface area contributed by atoms with E-state index in [0.29, 0.717) is 23.9 Å². The summed E-state index contributed by atoms with van der Waals surface area (Å²) in [6.07, 6.45) is 0. The molecule has 114 valence electrons. The first-order chi connectivity index (χ1) is 9.79. The number of nitrogens with zero attached hydrogens (tertiary/aromatic N) is 1. The van der Waals surface area contributed by atoms with Gasteiger partial charge in [0.2, 0.25) is 5.91 Å². The number of halogens is 1. The summed E-state index contributed by atoms with van der Waals surface area (Å²) in [5, 5.41) is 1.83. The van der Waals surface area contributed by atoms with Crippen LogP contribution in [0.15, 0.2) is 18.2 Å². The van der Waals surface area contributed by atoms with Crippen LogP contribution in [-0.2, 0) is 21.0 Å². The summed E-state index contributed by atoms with van der Waals surface area (Å²) in [5.74, 6) is -0.257. The van der Waals surface area contributed by atoms with Crippen molar-refractivity contribution in [2.45, 2.75) is 27.3 Å². The average molecular weight is 312 g/mol. The molecular weight excluding hydrogens is 294 g/mol. The molecule has 1 aromatic carbocycles. The zero-order valence-electron chi connectivity index (χ0n) is 12.2. The Labute approximate surface area is 128 Å². The Balaban J connectivity index is 2.05. The van der Waals surface area contributed by atoms with Gasteiger partial charge in [0.15, 0.2) is 0 Å². The molecule has 2 amide bonds. The maximum absolute atomic E-state index is 12.1. The smallest absolute Gasteiger partial charge is 0.254 e. The van der Waals surface area contributed by atoms with E-state index >= 15 is 0 Å². The number of hydrogen-bond acceptors (Lipinski definition) is 4. The number of hydrazine groups is 1. The summed E-state index contributed by atoms with van der Waals surface area (Å²) < 4.78 is 0. The van der Waals surface area contributed by atoms with Gasteiger partial charge in [0.1, 0.15) is 0 Å². The van der Waals surface area contributed by atoms with E-state index in [1.54, 1.807) is 18.2 Å². The maximum Gasteiger partial charge on any atom is 0.254 e. The predicted molar refractivity (Wildman–Crippen MR) is 79.2 cm³/mol. The van der Waals surface area contributed by atoms with E-state index in [1.165, 1.54) is 12.0 Å². The van der Waals surface area contributed by atoms with Crippen LogP contribution in [0.25, 0.3) is 0 Å². The van der Waals surface area contributed by atoms with Gasteiger partial charge < -0.3 is 0 Å². The molecule has 1 saturated heterocycles. The molecule has 0 bridgehead atoms. The fourth-order valence-electron chi connectivity index (χ4n) is 1.88. The van der Waals surface area contributed by atoms with Gasteiger partial charge in [-0.15, -0.1) is 0 Å². The van der Waals surface area contributed by atoms with Gasteiger partial charge in [0.05, 0.1) is 24.3 Å². The van der Waals surface area contributed by atoms with Crippen LogP contribution in [0, 0.1) is 5.41 Å². The van der Waals surface area contributed by atoms with Crippen LogP contribution < -0.4 is 10.9 Å². The molecule has 6 nitrogen and oxygen atoms in total. The number of benzene rings is 1. The number of amides is 2. The highest BCUT2D eigenvalue weighted by Crippen LogP contribution is 2.30. The number of nitrogens with one attached hydrogen (secondary N) is 2. The van der Waals surface area contributed by atoms with Crippen LogP contribution >= 0.6 is 11.6 Å². The minimum atomic E-state index is -0.501. The SMILES string of the molecule is CC(=O)NNc1ccc(CN2OCC(C)(C)C2=O)c(Cl)c1. The van der Waals surface area contributed by atoms with Crippen molar-refractivity contribution in [2.24, 2.45) is 5.41 Å². The zero-order chi connectivity index (χ0) is 15.6. The van der Waals surface area contributed by atoms with Gasteiger partial charge in [-0.05, 0) is 31.5 Å². The Morgan fingerprint density at radius 3 is 2.71 bits per heavy atom. The Bertz CT molecular complexity index is 575. The average Bonchev–Trinajstić information content (AvgIpc) is 2.66. The third-order valence-electron chi connectivity index (χ3n) is 3.14. The van der Waals surface area contributed by atoms with E-state index in [-0.39, 0.29) is 11.8 Å². The lowest BCUT2D eigenvalue weighted by Crippen LogP contribution is -2.30. The predicted octanol–water partition coefficient (Wildman–Crippen LogP) is 2.10. The van der Waals surface area contributed by atoms with Gasteiger partial charge in [0.25, 0.3) is 5.91 Å². The third-order valence-corrected chi connectivity index (χ3v) is 3.49. The van der Waals surface area contributed by atoms with E-state index in [4.69, 9.17) is 16.4 Å². The van der Waals surface area contributed by atoms with Gasteiger partial charge in [-0.25, -0.2) is 5.06 Å². The maximum atomic E-state index is 12.1. The van der Waals surface area contributed by atoms with Gasteiger partial charge in [-0.1, -0.05) is 17.7 Å². The van der Waals surface area contributed by atoms with Crippen LogP contribution in [0.5, 0.6) is 0 Å². The van der Waals surface area contributed by atoms with E-state index in [9.17, 15) is 9.59 Å². The monoisotopic (exact) mass is 311 g/mol. The molecule has 2 N–H and O–H groups in total. The highest BCUT2D eigenvalue weighted by Gasteiger charge is 2.40. The molecule has 7 heteroatoms. The van der Waals surface area contributed by atoms with Crippen molar-refractivity contribution < 1.29 is 14.4 Å². The summed E-state index contributed by atoms with van der Waals surface area (Å²) in [5.41, 5.74) is 6.13. The van der Waals surface area contributed by atoms with Crippen molar-refractivity contribution in [3.05, 3.63) is 28.8 Å². The first kappa shape index (κ1) is 15.6. The van der Waals surface area contributed by atoms with Crippen molar-refractivity contribution in [3.8, 4) is 0 Å². The number of hydrogen-bond donors (Lipinski definition) is 2. The number of anilines is 1. The lowest BCUT2D eigenvalue weighted by atomic mass is 9.95. The standard InChI is InChI=1S/C14H18ClN3O3/c1-9(19)16-17-11-5-4-10(12(15)6-11)7-18-13(20)14(2,3)8-21-18/h4-6,17H,7-8H2,1-3H3,(H,16,19). The molecule has 21 heavy (non-hydrogen) atoms. The summed E-state index contributed by atoms with van der Waals surface area (Å²) in [6, 6.07) is 5.23. The quantitative estimate of drug-likeness (QED) is 0.835.